The Hall–Kier alpha value is -3.38. The topological polar surface area (TPSA) is 164 Å². The highest BCUT2D eigenvalue weighted by molar-refractivity contribution is 5.78. The van der Waals surface area contributed by atoms with Gasteiger partial charge in [-0.2, -0.15) is 4.98 Å². The Morgan fingerprint density at radius 3 is 2.97 bits per heavy atom. The van der Waals surface area contributed by atoms with Crippen LogP contribution in [0, 0.1) is 0 Å². The van der Waals surface area contributed by atoms with Gasteiger partial charge in [0.15, 0.2) is 17.4 Å². The second-order valence-corrected chi connectivity index (χ2v) is 7.48. The Kier molecular flexibility index (Phi) is 4.87. The molecule has 0 amide bonds. The molecule has 1 aromatic carbocycles. The van der Waals surface area contributed by atoms with Crippen molar-refractivity contribution in [3.05, 3.63) is 58.8 Å². The molecule has 4 atom stereocenters. The number of nitrogens with two attached hydrogens (primary N) is 1. The van der Waals surface area contributed by atoms with E-state index in [1.165, 1.54) is 10.9 Å². The van der Waals surface area contributed by atoms with Gasteiger partial charge in [0.1, 0.15) is 18.3 Å². The predicted molar refractivity (Wildman–Crippen MR) is 112 cm³/mol. The smallest absolute Gasteiger partial charge is 0.280 e. The first-order valence-corrected chi connectivity index (χ1v) is 9.79. The van der Waals surface area contributed by atoms with Crippen LogP contribution in [0.4, 0.5) is 5.95 Å². The fraction of sp³-hybridized carbons (Fsp3) is 0.300. The summed E-state index contributed by atoms with van der Waals surface area (Å²) in [6, 6.07) is 9.87. The van der Waals surface area contributed by atoms with E-state index in [0.29, 0.717) is 13.1 Å². The molecular weight excluding hydrogens is 402 g/mol. The molecule has 1 saturated heterocycles. The van der Waals surface area contributed by atoms with E-state index in [2.05, 4.69) is 25.3 Å². The summed E-state index contributed by atoms with van der Waals surface area (Å²) >= 11 is 0. The summed E-state index contributed by atoms with van der Waals surface area (Å²) in [6.45, 7) is 0.863. The van der Waals surface area contributed by atoms with E-state index >= 15 is 0 Å². The number of aliphatic hydroxyl groups is 2. The van der Waals surface area contributed by atoms with Gasteiger partial charge in [-0.05, 0) is 23.8 Å². The third-order valence-corrected chi connectivity index (χ3v) is 5.40. The molecule has 11 nitrogen and oxygen atoms in total. The number of fused-ring (bicyclic) bond motifs is 2. The van der Waals surface area contributed by atoms with E-state index in [9.17, 15) is 15.0 Å². The molecule has 160 valence electrons. The van der Waals surface area contributed by atoms with Gasteiger partial charge < -0.3 is 26.0 Å². The Morgan fingerprint density at radius 1 is 1.23 bits per heavy atom. The van der Waals surface area contributed by atoms with Crippen LogP contribution >= 0.6 is 0 Å². The molecule has 1 fully saturated rings. The van der Waals surface area contributed by atoms with E-state index in [1.54, 1.807) is 6.20 Å². The molecule has 4 aromatic rings. The van der Waals surface area contributed by atoms with Crippen LogP contribution in [0.3, 0.4) is 0 Å². The maximum Gasteiger partial charge on any atom is 0.280 e. The van der Waals surface area contributed by atoms with E-state index in [0.717, 1.165) is 16.5 Å². The number of aromatic amines is 1. The summed E-state index contributed by atoms with van der Waals surface area (Å²) in [6.07, 6.45) is -0.879. The van der Waals surface area contributed by atoms with Crippen molar-refractivity contribution in [3.63, 3.8) is 0 Å². The van der Waals surface area contributed by atoms with Crippen LogP contribution in [0.15, 0.2) is 47.7 Å². The average Bonchev–Trinajstić information content (AvgIpc) is 3.30. The molecule has 11 heteroatoms. The van der Waals surface area contributed by atoms with Gasteiger partial charge in [-0.25, -0.2) is 4.98 Å². The number of aliphatic hydroxyl groups excluding tert-OH is 2. The second-order valence-electron chi connectivity index (χ2n) is 7.48. The number of rotatable bonds is 5. The average molecular weight is 423 g/mol. The number of benzene rings is 1. The standard InChI is InChI=1S/C20H21N7O4/c21-20-25-17-14(18(30)26-20)24-9-27(17)19-16(29)15(28)13(31-19)8-22-7-10-3-4-12-11(6-10)2-1-5-23-12/h1-6,9,13,15-16,19,22,28-29H,7-8H2,(H3,21,25,26,30)/t13-,15-,16-,19-/m1/s1. The van der Waals surface area contributed by atoms with Gasteiger partial charge in [-0.1, -0.05) is 12.1 Å². The molecule has 5 rings (SSSR count). The highest BCUT2D eigenvalue weighted by atomic mass is 16.6. The van der Waals surface area contributed by atoms with Crippen molar-refractivity contribution in [3.8, 4) is 0 Å². The Labute approximate surface area is 175 Å². The summed E-state index contributed by atoms with van der Waals surface area (Å²) < 4.78 is 7.29. The molecule has 1 aliphatic rings. The summed E-state index contributed by atoms with van der Waals surface area (Å²) in [7, 11) is 0. The molecule has 4 heterocycles. The minimum absolute atomic E-state index is 0.0731. The number of nitrogens with zero attached hydrogens (tertiary/aromatic N) is 4. The minimum atomic E-state index is -1.22. The highest BCUT2D eigenvalue weighted by Gasteiger charge is 2.44. The second kappa shape index (κ2) is 7.71. The van der Waals surface area contributed by atoms with Crippen molar-refractivity contribution in [2.45, 2.75) is 31.1 Å². The Morgan fingerprint density at radius 2 is 2.10 bits per heavy atom. The normalized spacial score (nSPS) is 23.7. The fourth-order valence-electron chi connectivity index (χ4n) is 3.85. The van der Waals surface area contributed by atoms with E-state index in [4.69, 9.17) is 10.5 Å². The number of nitrogen functional groups attached to an aromatic ring is 1. The maximum absolute atomic E-state index is 12.0. The van der Waals surface area contributed by atoms with Crippen LogP contribution in [0.5, 0.6) is 0 Å². The molecule has 1 aliphatic heterocycles. The van der Waals surface area contributed by atoms with Crippen molar-refractivity contribution < 1.29 is 14.9 Å². The molecule has 0 aliphatic carbocycles. The number of hydrogen-bond donors (Lipinski definition) is 5. The van der Waals surface area contributed by atoms with Gasteiger partial charge in [0.05, 0.1) is 11.8 Å². The molecule has 31 heavy (non-hydrogen) atoms. The van der Waals surface area contributed by atoms with Gasteiger partial charge in [0.2, 0.25) is 5.95 Å². The number of H-pyrrole nitrogens is 1. The van der Waals surface area contributed by atoms with Crippen LogP contribution in [-0.4, -0.2) is 59.6 Å². The zero-order valence-electron chi connectivity index (χ0n) is 16.3. The first-order valence-electron chi connectivity index (χ1n) is 9.79. The molecule has 0 radical (unpaired) electrons. The van der Waals surface area contributed by atoms with Gasteiger partial charge in [0.25, 0.3) is 5.56 Å². The van der Waals surface area contributed by atoms with E-state index in [1.807, 2.05) is 30.3 Å². The Balaban J connectivity index is 1.29. The number of hydrogen-bond acceptors (Lipinski definition) is 9. The maximum atomic E-state index is 12.0. The highest BCUT2D eigenvalue weighted by Crippen LogP contribution is 2.30. The van der Waals surface area contributed by atoms with Gasteiger partial charge in [-0.3, -0.25) is 19.3 Å². The van der Waals surface area contributed by atoms with Crippen LogP contribution in [0.25, 0.3) is 22.1 Å². The number of imidazole rings is 1. The zero-order chi connectivity index (χ0) is 21.5. The van der Waals surface area contributed by atoms with Gasteiger partial charge in [-0.15, -0.1) is 0 Å². The number of nitrogens with one attached hydrogen (secondary N) is 2. The minimum Gasteiger partial charge on any atom is -0.387 e. The molecule has 0 spiro atoms. The molecule has 3 aromatic heterocycles. The quantitative estimate of drug-likeness (QED) is 0.289. The monoisotopic (exact) mass is 423 g/mol. The van der Waals surface area contributed by atoms with E-state index < -0.39 is 30.1 Å². The summed E-state index contributed by atoms with van der Waals surface area (Å²) in [4.78, 5) is 26.8. The van der Waals surface area contributed by atoms with Crippen molar-refractivity contribution in [2.75, 3.05) is 12.3 Å². The van der Waals surface area contributed by atoms with Gasteiger partial charge >= 0.3 is 0 Å². The molecule has 6 N–H and O–H groups in total. The molecule has 0 bridgehead atoms. The zero-order valence-corrected chi connectivity index (χ0v) is 16.3. The predicted octanol–water partition coefficient (Wildman–Crippen LogP) is -0.341. The number of aromatic nitrogens is 5. The summed E-state index contributed by atoms with van der Waals surface area (Å²) in [5, 5.41) is 25.3. The van der Waals surface area contributed by atoms with Crippen molar-refractivity contribution >= 4 is 28.0 Å². The lowest BCUT2D eigenvalue weighted by molar-refractivity contribution is -0.0342. The fourth-order valence-corrected chi connectivity index (χ4v) is 3.85. The van der Waals surface area contributed by atoms with E-state index in [-0.39, 0.29) is 17.1 Å². The Bertz CT molecular complexity index is 1300. The first-order chi connectivity index (χ1) is 15.0. The number of ether oxygens (including phenoxy) is 1. The molecule has 0 saturated carbocycles. The number of anilines is 1. The lowest BCUT2D eigenvalue weighted by Crippen LogP contribution is -2.37. The van der Waals surface area contributed by atoms with Crippen LogP contribution < -0.4 is 16.6 Å². The number of pyridine rings is 1. The summed E-state index contributed by atoms with van der Waals surface area (Å²) in [5.41, 5.74) is 7.37. The van der Waals surface area contributed by atoms with Crippen molar-refractivity contribution in [1.29, 1.82) is 0 Å². The van der Waals surface area contributed by atoms with Gasteiger partial charge in [0, 0.05) is 24.7 Å². The van der Waals surface area contributed by atoms with Crippen LogP contribution in [0.1, 0.15) is 11.8 Å². The lowest BCUT2D eigenvalue weighted by atomic mass is 10.1. The first kappa shape index (κ1) is 19.6. The van der Waals surface area contributed by atoms with Crippen LogP contribution in [0.2, 0.25) is 0 Å². The molecule has 0 unspecified atom stereocenters. The van der Waals surface area contributed by atoms with Crippen molar-refractivity contribution in [1.82, 2.24) is 29.8 Å². The largest absolute Gasteiger partial charge is 0.387 e. The third-order valence-electron chi connectivity index (χ3n) is 5.40. The van der Waals surface area contributed by atoms with Crippen LogP contribution in [-0.2, 0) is 11.3 Å². The molecular formula is C20H21N7O4. The SMILES string of the molecule is Nc1nc2c(ncn2[C@@H]2O[C@H](CNCc3ccc4ncccc4c3)[C@@H](O)[C@H]2O)c(=O)[nH]1. The lowest BCUT2D eigenvalue weighted by Gasteiger charge is -2.16. The summed E-state index contributed by atoms with van der Waals surface area (Å²) in [5.74, 6) is -0.0731. The third kappa shape index (κ3) is 3.53. The van der Waals surface area contributed by atoms with Crippen molar-refractivity contribution in [2.24, 2.45) is 0 Å².